The second-order valence-corrected chi connectivity index (χ2v) is 6.05. The van der Waals surface area contributed by atoms with E-state index >= 15 is 0 Å². The van der Waals surface area contributed by atoms with Crippen LogP contribution in [0.15, 0.2) is 53.5 Å². The average Bonchev–Trinajstić information content (AvgIpc) is 2.55. The lowest BCUT2D eigenvalue weighted by Gasteiger charge is -2.21. The van der Waals surface area contributed by atoms with Crippen molar-refractivity contribution in [3.63, 3.8) is 0 Å². The van der Waals surface area contributed by atoms with E-state index in [0.717, 1.165) is 11.1 Å². The molecule has 2 aromatic carbocycles. The van der Waals surface area contributed by atoms with Crippen LogP contribution >= 0.6 is 11.6 Å². The molecule has 2 aromatic rings. The first kappa shape index (κ1) is 16.2. The Morgan fingerprint density at radius 2 is 1.83 bits per heavy atom. The van der Waals surface area contributed by atoms with Crippen molar-refractivity contribution in [2.75, 3.05) is 0 Å². The highest BCUT2D eigenvalue weighted by molar-refractivity contribution is 6.30. The molecule has 122 valence electrons. The Bertz CT molecular complexity index is 798. The quantitative estimate of drug-likeness (QED) is 0.881. The van der Waals surface area contributed by atoms with E-state index in [2.05, 4.69) is 15.6 Å². The van der Waals surface area contributed by atoms with Gasteiger partial charge in [0.25, 0.3) is 5.91 Å². The normalized spacial score (nSPS) is 17.0. The van der Waals surface area contributed by atoms with E-state index in [-0.39, 0.29) is 30.2 Å². The van der Waals surface area contributed by atoms with Crippen molar-refractivity contribution in [2.45, 2.75) is 19.4 Å². The number of benzene rings is 2. The number of hydrogen-bond donors (Lipinski definition) is 2. The fourth-order valence-electron chi connectivity index (χ4n) is 2.42. The molecule has 0 fully saturated rings. The van der Waals surface area contributed by atoms with Crippen LogP contribution in [0.2, 0.25) is 5.02 Å². The van der Waals surface area contributed by atoms with E-state index in [1.54, 1.807) is 24.3 Å². The fourth-order valence-corrected chi connectivity index (χ4v) is 2.54. The molecule has 6 heteroatoms. The van der Waals surface area contributed by atoms with Gasteiger partial charge in [-0.25, -0.2) is 4.99 Å². The summed E-state index contributed by atoms with van der Waals surface area (Å²) in [7, 11) is 0. The van der Waals surface area contributed by atoms with Crippen molar-refractivity contribution < 1.29 is 9.59 Å². The molecule has 0 saturated heterocycles. The summed E-state index contributed by atoms with van der Waals surface area (Å²) in [4.78, 5) is 28.6. The Hall–Kier alpha value is -2.66. The Kier molecular flexibility index (Phi) is 4.62. The highest BCUT2D eigenvalue weighted by atomic mass is 35.5. The zero-order valence-corrected chi connectivity index (χ0v) is 13.8. The van der Waals surface area contributed by atoms with Gasteiger partial charge in [-0.1, -0.05) is 41.4 Å². The second kappa shape index (κ2) is 6.84. The molecule has 0 aliphatic carbocycles. The number of carbonyl (C=O) groups is 2. The van der Waals surface area contributed by atoms with Crippen LogP contribution in [0.25, 0.3) is 0 Å². The topological polar surface area (TPSA) is 70.6 Å². The number of aliphatic imine (C=N–C) groups is 1. The van der Waals surface area contributed by atoms with Crippen LogP contribution < -0.4 is 10.6 Å². The molecular formula is C18H16ClN3O2. The zero-order chi connectivity index (χ0) is 17.1. The van der Waals surface area contributed by atoms with Crippen LogP contribution in [0.3, 0.4) is 0 Å². The minimum Gasteiger partial charge on any atom is -0.296 e. The van der Waals surface area contributed by atoms with Gasteiger partial charge in [0, 0.05) is 10.6 Å². The van der Waals surface area contributed by atoms with Crippen molar-refractivity contribution in [1.82, 2.24) is 10.6 Å². The van der Waals surface area contributed by atoms with Crippen molar-refractivity contribution in [1.29, 1.82) is 0 Å². The fraction of sp³-hybridized carbons (Fsp3) is 0.167. The van der Waals surface area contributed by atoms with Crippen LogP contribution in [0.5, 0.6) is 0 Å². The maximum absolute atomic E-state index is 12.2. The van der Waals surface area contributed by atoms with E-state index in [4.69, 9.17) is 11.6 Å². The zero-order valence-electron chi connectivity index (χ0n) is 13.0. The Balaban J connectivity index is 1.78. The molecule has 2 N–H and O–H groups in total. The number of rotatable bonds is 2. The third-order valence-corrected chi connectivity index (χ3v) is 3.97. The summed E-state index contributed by atoms with van der Waals surface area (Å²) in [6.45, 7) is 2.00. The van der Waals surface area contributed by atoms with Crippen LogP contribution in [-0.2, 0) is 4.79 Å². The van der Waals surface area contributed by atoms with Crippen molar-refractivity contribution in [3.8, 4) is 0 Å². The lowest BCUT2D eigenvalue weighted by Crippen LogP contribution is -2.47. The summed E-state index contributed by atoms with van der Waals surface area (Å²) < 4.78 is 0. The third kappa shape index (κ3) is 3.81. The van der Waals surface area contributed by atoms with Crippen LogP contribution in [0.4, 0.5) is 0 Å². The van der Waals surface area contributed by atoms with Crippen molar-refractivity contribution >= 4 is 29.4 Å². The predicted molar refractivity (Wildman–Crippen MR) is 93.0 cm³/mol. The van der Waals surface area contributed by atoms with Crippen molar-refractivity contribution in [2.24, 2.45) is 4.99 Å². The predicted octanol–water partition coefficient (Wildman–Crippen LogP) is 3.00. The second-order valence-electron chi connectivity index (χ2n) is 5.62. The molecule has 0 spiro atoms. The molecule has 0 unspecified atom stereocenters. The number of carbonyl (C=O) groups excluding carboxylic acids is 2. The highest BCUT2D eigenvalue weighted by Crippen LogP contribution is 2.23. The Morgan fingerprint density at radius 1 is 1.17 bits per heavy atom. The molecule has 1 aliphatic rings. The van der Waals surface area contributed by atoms with Gasteiger partial charge in [0.05, 0.1) is 12.5 Å². The van der Waals surface area contributed by atoms with Gasteiger partial charge in [-0.2, -0.15) is 0 Å². The molecule has 0 saturated carbocycles. The lowest BCUT2D eigenvalue weighted by molar-refractivity contribution is -0.120. The van der Waals surface area contributed by atoms with Gasteiger partial charge in [-0.15, -0.1) is 0 Å². The van der Waals surface area contributed by atoms with E-state index in [1.165, 1.54) is 0 Å². The summed E-state index contributed by atoms with van der Waals surface area (Å²) in [5.41, 5.74) is 2.52. The summed E-state index contributed by atoms with van der Waals surface area (Å²) in [5.74, 6) is -0.367. The molecule has 1 heterocycles. The molecule has 0 radical (unpaired) electrons. The maximum atomic E-state index is 12.2. The Labute approximate surface area is 144 Å². The number of amides is 2. The van der Waals surface area contributed by atoms with Gasteiger partial charge in [-0.3, -0.25) is 20.2 Å². The number of nitrogens with zero attached hydrogens (tertiary/aromatic N) is 1. The van der Waals surface area contributed by atoms with Gasteiger partial charge in [0.15, 0.2) is 0 Å². The minimum atomic E-state index is -0.352. The molecule has 24 heavy (non-hydrogen) atoms. The number of aryl methyl sites for hydroxylation is 1. The van der Waals surface area contributed by atoms with Crippen molar-refractivity contribution in [3.05, 3.63) is 70.2 Å². The van der Waals surface area contributed by atoms with E-state index in [9.17, 15) is 9.59 Å². The van der Waals surface area contributed by atoms with E-state index < -0.39 is 0 Å². The van der Waals surface area contributed by atoms with Gasteiger partial charge in [0.2, 0.25) is 11.9 Å². The average molecular weight is 342 g/mol. The number of nitrogens with one attached hydrogen (secondary N) is 2. The SMILES string of the molecule is Cc1ccc([C@H]2CC(=O)NC(NC(=O)c3ccc(Cl)cc3)=N2)cc1. The molecule has 2 amide bonds. The molecule has 1 atom stereocenters. The van der Waals surface area contributed by atoms with Crippen LogP contribution in [-0.4, -0.2) is 17.8 Å². The smallest absolute Gasteiger partial charge is 0.257 e. The molecule has 0 bridgehead atoms. The first-order valence-electron chi connectivity index (χ1n) is 7.52. The Morgan fingerprint density at radius 3 is 2.50 bits per heavy atom. The van der Waals surface area contributed by atoms with E-state index in [0.29, 0.717) is 10.6 Å². The summed E-state index contributed by atoms with van der Waals surface area (Å²) in [6.07, 6.45) is 0.253. The van der Waals surface area contributed by atoms with E-state index in [1.807, 2.05) is 31.2 Å². The summed E-state index contributed by atoms with van der Waals surface area (Å²) in [5, 5.41) is 5.78. The highest BCUT2D eigenvalue weighted by Gasteiger charge is 2.23. The minimum absolute atomic E-state index is 0.164. The third-order valence-electron chi connectivity index (χ3n) is 3.72. The molecule has 5 nitrogen and oxygen atoms in total. The van der Waals surface area contributed by atoms with Gasteiger partial charge >= 0.3 is 0 Å². The number of guanidine groups is 1. The monoisotopic (exact) mass is 341 g/mol. The molecule has 1 aliphatic heterocycles. The largest absolute Gasteiger partial charge is 0.296 e. The molecule has 0 aromatic heterocycles. The lowest BCUT2D eigenvalue weighted by atomic mass is 10.0. The van der Waals surface area contributed by atoms with Gasteiger partial charge in [0.1, 0.15) is 0 Å². The summed E-state index contributed by atoms with van der Waals surface area (Å²) in [6, 6.07) is 14.0. The van der Waals surface area contributed by atoms with Gasteiger partial charge < -0.3 is 0 Å². The number of hydrogen-bond acceptors (Lipinski definition) is 3. The molecular weight excluding hydrogens is 326 g/mol. The first-order valence-corrected chi connectivity index (χ1v) is 7.90. The van der Waals surface area contributed by atoms with Crippen LogP contribution in [0, 0.1) is 6.92 Å². The number of halogens is 1. The molecule has 3 rings (SSSR count). The standard InChI is InChI=1S/C18H16ClN3O2/c1-11-2-4-12(5-3-11)15-10-16(23)21-18(20-15)22-17(24)13-6-8-14(19)9-7-13/h2-9,15H,10H2,1H3,(H2,20,21,22,23,24)/t15-/m1/s1. The maximum Gasteiger partial charge on any atom is 0.257 e. The van der Waals surface area contributed by atoms with Crippen LogP contribution in [0.1, 0.15) is 33.9 Å². The van der Waals surface area contributed by atoms with Gasteiger partial charge in [-0.05, 0) is 36.8 Å². The first-order chi connectivity index (χ1) is 11.5. The summed E-state index contributed by atoms with van der Waals surface area (Å²) >= 11 is 5.81.